The molecule has 0 saturated heterocycles. The van der Waals surface area contributed by atoms with Crippen molar-refractivity contribution in [1.82, 2.24) is 19.7 Å². The lowest BCUT2D eigenvalue weighted by Gasteiger charge is -2.09. The first-order valence-corrected chi connectivity index (χ1v) is 7.61. The Balaban J connectivity index is 1.86. The molecule has 2 heterocycles. The number of nitrogens with zero attached hydrogens (tertiary/aromatic N) is 4. The number of ether oxygens (including phenoxy) is 1. The van der Waals surface area contributed by atoms with E-state index in [1.54, 1.807) is 22.6 Å². The number of aryl methyl sites for hydroxylation is 1. The van der Waals surface area contributed by atoms with Crippen LogP contribution in [0.4, 0.5) is 5.82 Å². The van der Waals surface area contributed by atoms with Gasteiger partial charge in [-0.1, -0.05) is 12.1 Å². The van der Waals surface area contributed by atoms with Gasteiger partial charge < -0.3 is 10.5 Å². The number of fused-ring (bicyclic) bond motifs is 1. The average molecular weight is 301 g/mol. The van der Waals surface area contributed by atoms with Crippen molar-refractivity contribution in [2.24, 2.45) is 7.05 Å². The third-order valence-electron chi connectivity index (χ3n) is 3.09. The molecule has 0 aliphatic carbocycles. The van der Waals surface area contributed by atoms with Crippen molar-refractivity contribution in [1.29, 1.82) is 0 Å². The molecule has 2 N–H and O–H groups in total. The van der Waals surface area contributed by atoms with Crippen molar-refractivity contribution in [3.05, 3.63) is 36.3 Å². The molecule has 0 saturated carbocycles. The van der Waals surface area contributed by atoms with Gasteiger partial charge in [-0.15, -0.1) is 11.8 Å². The Morgan fingerprint density at radius 1 is 1.29 bits per heavy atom. The van der Waals surface area contributed by atoms with Crippen LogP contribution in [0.5, 0.6) is 5.75 Å². The minimum absolute atomic E-state index is 0.267. The summed E-state index contributed by atoms with van der Waals surface area (Å²) in [6, 6.07) is 7.86. The molecule has 3 aromatic rings. The van der Waals surface area contributed by atoms with Crippen LogP contribution in [0.15, 0.2) is 35.4 Å². The lowest BCUT2D eigenvalue weighted by Crippen LogP contribution is -2.06. The van der Waals surface area contributed by atoms with E-state index in [0.717, 1.165) is 16.0 Å². The van der Waals surface area contributed by atoms with Crippen LogP contribution in [0.1, 0.15) is 5.82 Å². The van der Waals surface area contributed by atoms with Gasteiger partial charge in [0.15, 0.2) is 11.5 Å². The lowest BCUT2D eigenvalue weighted by molar-refractivity contribution is 0.289. The summed E-state index contributed by atoms with van der Waals surface area (Å²) >= 11 is 1.64. The largest absolute Gasteiger partial charge is 0.484 e. The number of para-hydroxylation sites is 1. The molecule has 0 bridgehead atoms. The molecule has 0 aliphatic rings. The second-order valence-electron chi connectivity index (χ2n) is 4.47. The monoisotopic (exact) mass is 301 g/mol. The molecule has 0 aliphatic heterocycles. The van der Waals surface area contributed by atoms with E-state index in [0.29, 0.717) is 17.3 Å². The number of anilines is 1. The number of benzene rings is 1. The molecular formula is C14H15N5OS. The van der Waals surface area contributed by atoms with E-state index < -0.39 is 0 Å². The first kappa shape index (κ1) is 13.7. The Morgan fingerprint density at radius 2 is 2.10 bits per heavy atom. The highest BCUT2D eigenvalue weighted by Crippen LogP contribution is 2.27. The van der Waals surface area contributed by atoms with Crippen LogP contribution < -0.4 is 10.5 Å². The molecule has 2 aromatic heterocycles. The summed E-state index contributed by atoms with van der Waals surface area (Å²) in [5, 5.41) is 4.89. The van der Waals surface area contributed by atoms with E-state index in [-0.39, 0.29) is 6.61 Å². The molecule has 0 amide bonds. The highest BCUT2D eigenvalue weighted by Gasteiger charge is 2.10. The smallest absolute Gasteiger partial charge is 0.170 e. The van der Waals surface area contributed by atoms with Crippen LogP contribution in [0.25, 0.3) is 11.0 Å². The van der Waals surface area contributed by atoms with Crippen molar-refractivity contribution < 1.29 is 4.74 Å². The van der Waals surface area contributed by atoms with Crippen LogP contribution in [0.2, 0.25) is 0 Å². The Hall–Kier alpha value is -2.28. The summed E-state index contributed by atoms with van der Waals surface area (Å²) < 4.78 is 7.48. The highest BCUT2D eigenvalue weighted by molar-refractivity contribution is 7.98. The van der Waals surface area contributed by atoms with Crippen molar-refractivity contribution in [3.8, 4) is 5.75 Å². The van der Waals surface area contributed by atoms with Crippen LogP contribution in [0, 0.1) is 0 Å². The maximum atomic E-state index is 5.93. The van der Waals surface area contributed by atoms with Gasteiger partial charge in [0.05, 0.1) is 11.6 Å². The van der Waals surface area contributed by atoms with E-state index in [9.17, 15) is 0 Å². The molecule has 0 unspecified atom stereocenters. The zero-order valence-corrected chi connectivity index (χ0v) is 12.6. The zero-order valence-electron chi connectivity index (χ0n) is 11.8. The van der Waals surface area contributed by atoms with Gasteiger partial charge in [-0.05, 0) is 18.4 Å². The second kappa shape index (κ2) is 5.61. The van der Waals surface area contributed by atoms with Crippen LogP contribution in [0.3, 0.4) is 0 Å². The Bertz CT molecular complexity index is 786. The maximum Gasteiger partial charge on any atom is 0.170 e. The summed E-state index contributed by atoms with van der Waals surface area (Å²) in [6.45, 7) is 0.267. The molecule has 0 spiro atoms. The number of nitrogen functional groups attached to an aromatic ring is 1. The van der Waals surface area contributed by atoms with E-state index in [4.69, 9.17) is 10.5 Å². The van der Waals surface area contributed by atoms with Crippen LogP contribution in [-0.2, 0) is 13.7 Å². The summed E-state index contributed by atoms with van der Waals surface area (Å²) in [6.07, 6.45) is 3.68. The molecule has 7 heteroatoms. The average Bonchev–Trinajstić information content (AvgIpc) is 2.87. The molecule has 0 atom stereocenters. The highest BCUT2D eigenvalue weighted by atomic mass is 32.2. The van der Waals surface area contributed by atoms with Crippen LogP contribution >= 0.6 is 11.8 Å². The van der Waals surface area contributed by atoms with Gasteiger partial charge in [0, 0.05) is 11.9 Å². The predicted molar refractivity (Wildman–Crippen MR) is 83.3 cm³/mol. The topological polar surface area (TPSA) is 78.9 Å². The van der Waals surface area contributed by atoms with Gasteiger partial charge in [0.1, 0.15) is 18.2 Å². The van der Waals surface area contributed by atoms with Gasteiger partial charge in [-0.3, -0.25) is 4.68 Å². The van der Waals surface area contributed by atoms with E-state index in [2.05, 4.69) is 15.1 Å². The molecule has 0 fully saturated rings. The van der Waals surface area contributed by atoms with Crippen LogP contribution in [-0.4, -0.2) is 26.0 Å². The van der Waals surface area contributed by atoms with Gasteiger partial charge in [-0.2, -0.15) is 5.10 Å². The minimum Gasteiger partial charge on any atom is -0.484 e. The number of hydrogen-bond donors (Lipinski definition) is 1. The van der Waals surface area contributed by atoms with Gasteiger partial charge in [0.2, 0.25) is 0 Å². The standard InChI is InChI=1S/C14H15N5OS/c1-19-14-9(7-16-19)13(15)17-12(18-14)8-20-10-5-3-4-6-11(10)21-2/h3-7H,8H2,1-2H3,(H2,15,17,18). The number of aromatic nitrogens is 4. The molecular weight excluding hydrogens is 286 g/mol. The fourth-order valence-electron chi connectivity index (χ4n) is 2.04. The number of thioether (sulfide) groups is 1. The first-order chi connectivity index (χ1) is 10.2. The van der Waals surface area contributed by atoms with Crippen molar-refractivity contribution in [2.45, 2.75) is 11.5 Å². The third-order valence-corrected chi connectivity index (χ3v) is 3.87. The summed E-state index contributed by atoms with van der Waals surface area (Å²) in [4.78, 5) is 9.79. The molecule has 1 aromatic carbocycles. The summed E-state index contributed by atoms with van der Waals surface area (Å²) in [5.74, 6) is 1.78. The molecule has 21 heavy (non-hydrogen) atoms. The van der Waals surface area contributed by atoms with E-state index in [1.807, 2.05) is 37.6 Å². The third kappa shape index (κ3) is 2.64. The molecule has 6 nitrogen and oxygen atoms in total. The van der Waals surface area contributed by atoms with E-state index in [1.165, 1.54) is 0 Å². The molecule has 3 rings (SSSR count). The van der Waals surface area contributed by atoms with Crippen molar-refractivity contribution in [2.75, 3.05) is 12.0 Å². The SMILES string of the molecule is CSc1ccccc1OCc1nc(N)c2cnn(C)c2n1. The normalized spacial score (nSPS) is 11.0. The second-order valence-corrected chi connectivity index (χ2v) is 5.32. The zero-order chi connectivity index (χ0) is 14.8. The lowest BCUT2D eigenvalue weighted by atomic mass is 10.3. The summed E-state index contributed by atoms with van der Waals surface area (Å²) in [7, 11) is 1.82. The van der Waals surface area contributed by atoms with Gasteiger partial charge >= 0.3 is 0 Å². The van der Waals surface area contributed by atoms with Gasteiger partial charge in [0.25, 0.3) is 0 Å². The molecule has 0 radical (unpaired) electrons. The summed E-state index contributed by atoms with van der Waals surface area (Å²) in [5.41, 5.74) is 6.64. The predicted octanol–water partition coefficient (Wildman–Crippen LogP) is 2.25. The first-order valence-electron chi connectivity index (χ1n) is 6.39. The van der Waals surface area contributed by atoms with Crippen molar-refractivity contribution >= 4 is 28.6 Å². The number of hydrogen-bond acceptors (Lipinski definition) is 6. The molecule has 108 valence electrons. The van der Waals surface area contributed by atoms with Gasteiger partial charge in [-0.25, -0.2) is 9.97 Å². The number of rotatable bonds is 4. The number of nitrogens with two attached hydrogens (primary N) is 1. The minimum atomic E-state index is 0.267. The Labute approximate surface area is 126 Å². The Kier molecular flexibility index (Phi) is 3.66. The quantitative estimate of drug-likeness (QED) is 0.745. The fraction of sp³-hybridized carbons (Fsp3) is 0.214. The Morgan fingerprint density at radius 3 is 2.90 bits per heavy atom. The fourth-order valence-corrected chi connectivity index (χ4v) is 2.58. The maximum absolute atomic E-state index is 5.93. The van der Waals surface area contributed by atoms with E-state index >= 15 is 0 Å². The van der Waals surface area contributed by atoms with Crippen molar-refractivity contribution in [3.63, 3.8) is 0 Å².